The maximum atomic E-state index is 6.19. The van der Waals surface area contributed by atoms with Gasteiger partial charge in [-0.05, 0) is 32.1 Å². The van der Waals surface area contributed by atoms with Crippen LogP contribution in [0.5, 0.6) is 0 Å². The van der Waals surface area contributed by atoms with Crippen molar-refractivity contribution in [2.45, 2.75) is 38.3 Å². The van der Waals surface area contributed by atoms with Crippen LogP contribution in [0.1, 0.15) is 27.2 Å². The fourth-order valence-electron chi connectivity index (χ4n) is 2.79. The second-order valence-corrected chi connectivity index (χ2v) is 5.60. The summed E-state index contributed by atoms with van der Waals surface area (Å²) < 4.78 is 0. The number of hydrogen-bond donors (Lipinski definition) is 2. The van der Waals surface area contributed by atoms with Crippen LogP contribution in [-0.4, -0.2) is 35.6 Å². The average molecular weight is 197 g/mol. The first-order chi connectivity index (χ1) is 6.45. The smallest absolute Gasteiger partial charge is 0.0368 e. The van der Waals surface area contributed by atoms with Gasteiger partial charge in [0.2, 0.25) is 0 Å². The normalized spacial score (nSPS) is 42.6. The minimum Gasteiger partial charge on any atom is -0.329 e. The van der Waals surface area contributed by atoms with Crippen LogP contribution in [0.4, 0.5) is 0 Å². The molecule has 0 bridgehead atoms. The Bertz CT molecular complexity index is 225. The second kappa shape index (κ2) is 2.94. The molecule has 1 saturated heterocycles. The van der Waals surface area contributed by atoms with Gasteiger partial charge in [0.15, 0.2) is 0 Å². The van der Waals surface area contributed by atoms with E-state index in [-0.39, 0.29) is 5.54 Å². The molecule has 82 valence electrons. The van der Waals surface area contributed by atoms with Crippen LogP contribution in [0.2, 0.25) is 0 Å². The molecule has 0 spiro atoms. The molecule has 0 aromatic carbocycles. The van der Waals surface area contributed by atoms with Crippen LogP contribution in [0.3, 0.4) is 0 Å². The monoisotopic (exact) mass is 197 g/mol. The van der Waals surface area contributed by atoms with Gasteiger partial charge in [-0.25, -0.2) is 0 Å². The fourth-order valence-corrected chi connectivity index (χ4v) is 2.79. The topological polar surface area (TPSA) is 55.3 Å². The molecule has 1 saturated carbocycles. The summed E-state index contributed by atoms with van der Waals surface area (Å²) in [5.41, 5.74) is 12.2. The predicted octanol–water partition coefficient (Wildman–Crippen LogP) is 0.393. The van der Waals surface area contributed by atoms with Crippen LogP contribution in [0, 0.1) is 11.8 Å². The number of rotatable bonds is 3. The number of nitrogens with zero attached hydrogens (tertiary/aromatic N) is 1. The fraction of sp³-hybridized carbons (Fsp3) is 1.00. The van der Waals surface area contributed by atoms with Crippen LogP contribution in [-0.2, 0) is 0 Å². The summed E-state index contributed by atoms with van der Waals surface area (Å²) in [6, 6.07) is 0. The second-order valence-electron chi connectivity index (χ2n) is 5.60. The van der Waals surface area contributed by atoms with Gasteiger partial charge in [-0.2, -0.15) is 0 Å². The van der Waals surface area contributed by atoms with Crippen molar-refractivity contribution in [1.82, 2.24) is 4.90 Å². The highest BCUT2D eigenvalue weighted by Crippen LogP contribution is 2.54. The molecule has 2 aliphatic rings. The van der Waals surface area contributed by atoms with Crippen molar-refractivity contribution in [1.29, 1.82) is 0 Å². The number of hydrogen-bond acceptors (Lipinski definition) is 3. The third-order valence-electron chi connectivity index (χ3n) is 4.67. The van der Waals surface area contributed by atoms with E-state index in [0.717, 1.165) is 13.1 Å². The van der Waals surface area contributed by atoms with Crippen molar-refractivity contribution < 1.29 is 0 Å². The van der Waals surface area contributed by atoms with Crippen molar-refractivity contribution in [2.75, 3.05) is 19.6 Å². The summed E-state index contributed by atoms with van der Waals surface area (Å²) in [4.78, 5) is 2.57. The Morgan fingerprint density at radius 1 is 1.36 bits per heavy atom. The predicted molar refractivity (Wildman–Crippen MR) is 58.9 cm³/mol. The highest BCUT2D eigenvalue weighted by molar-refractivity contribution is 5.22. The van der Waals surface area contributed by atoms with Crippen LogP contribution in [0.25, 0.3) is 0 Å². The largest absolute Gasteiger partial charge is 0.329 e. The molecule has 14 heavy (non-hydrogen) atoms. The number of nitrogens with two attached hydrogens (primary N) is 2. The average Bonchev–Trinajstić information content (AvgIpc) is 2.55. The SMILES string of the molecule is CCC(C)(C)N1C[C@@H]2[C@H](C1)C2(N)CN. The first kappa shape index (κ1) is 10.4. The molecule has 1 heterocycles. The number of likely N-dealkylation sites (tertiary alicyclic amines) is 1. The van der Waals surface area contributed by atoms with E-state index in [9.17, 15) is 0 Å². The number of piperidine rings is 1. The Kier molecular flexibility index (Phi) is 2.18. The minimum atomic E-state index is -0.0136. The molecule has 3 atom stereocenters. The van der Waals surface area contributed by atoms with Gasteiger partial charge >= 0.3 is 0 Å². The summed E-state index contributed by atoms with van der Waals surface area (Å²) in [6.45, 7) is 9.85. The van der Waals surface area contributed by atoms with Crippen LogP contribution in [0.15, 0.2) is 0 Å². The lowest BCUT2D eigenvalue weighted by Crippen LogP contribution is -2.49. The van der Waals surface area contributed by atoms with E-state index < -0.39 is 0 Å². The molecule has 3 nitrogen and oxygen atoms in total. The zero-order chi connectivity index (χ0) is 10.6. The standard InChI is InChI=1S/C11H23N3/c1-4-10(2,3)14-5-8-9(6-14)11(8,13)7-12/h8-9H,4-7,12-13H2,1-3H3/t8-,9+,11?. The molecule has 0 radical (unpaired) electrons. The van der Waals surface area contributed by atoms with E-state index in [1.54, 1.807) is 0 Å². The van der Waals surface area contributed by atoms with Gasteiger partial charge in [-0.3, -0.25) is 4.90 Å². The summed E-state index contributed by atoms with van der Waals surface area (Å²) in [5.74, 6) is 1.33. The van der Waals surface area contributed by atoms with Crippen molar-refractivity contribution in [3.63, 3.8) is 0 Å². The van der Waals surface area contributed by atoms with E-state index >= 15 is 0 Å². The lowest BCUT2D eigenvalue weighted by atomic mass is 9.98. The van der Waals surface area contributed by atoms with E-state index in [1.165, 1.54) is 6.42 Å². The van der Waals surface area contributed by atoms with E-state index in [4.69, 9.17) is 11.5 Å². The summed E-state index contributed by atoms with van der Waals surface area (Å²) in [7, 11) is 0. The van der Waals surface area contributed by atoms with Gasteiger partial charge in [0.1, 0.15) is 0 Å². The first-order valence-corrected chi connectivity index (χ1v) is 5.69. The Balaban J connectivity index is 1.96. The minimum absolute atomic E-state index is 0.0136. The lowest BCUT2D eigenvalue weighted by Gasteiger charge is -2.37. The molecule has 2 rings (SSSR count). The Morgan fingerprint density at radius 3 is 2.21 bits per heavy atom. The van der Waals surface area contributed by atoms with Crippen molar-refractivity contribution in [2.24, 2.45) is 23.3 Å². The number of fused-ring (bicyclic) bond motifs is 1. The Hall–Kier alpha value is -0.120. The molecule has 0 aromatic heterocycles. The molecule has 1 aliphatic carbocycles. The van der Waals surface area contributed by atoms with Crippen molar-refractivity contribution in [3.8, 4) is 0 Å². The molecule has 0 amide bonds. The molecular weight excluding hydrogens is 174 g/mol. The third-order valence-corrected chi connectivity index (χ3v) is 4.67. The molecule has 1 aliphatic heterocycles. The molecule has 3 heteroatoms. The molecular formula is C11H23N3. The maximum Gasteiger partial charge on any atom is 0.0368 e. The zero-order valence-corrected chi connectivity index (χ0v) is 9.59. The maximum absolute atomic E-state index is 6.19. The molecule has 0 aromatic rings. The van der Waals surface area contributed by atoms with Gasteiger partial charge in [0.05, 0.1) is 0 Å². The van der Waals surface area contributed by atoms with Gasteiger partial charge in [-0.1, -0.05) is 6.92 Å². The summed E-state index contributed by atoms with van der Waals surface area (Å²) in [5, 5.41) is 0. The first-order valence-electron chi connectivity index (χ1n) is 5.69. The van der Waals surface area contributed by atoms with Crippen LogP contribution < -0.4 is 11.5 Å². The van der Waals surface area contributed by atoms with E-state index in [2.05, 4.69) is 25.7 Å². The van der Waals surface area contributed by atoms with Gasteiger partial charge < -0.3 is 11.5 Å². The highest BCUT2D eigenvalue weighted by atomic mass is 15.3. The van der Waals surface area contributed by atoms with Gasteiger partial charge in [-0.15, -0.1) is 0 Å². The quantitative estimate of drug-likeness (QED) is 0.688. The van der Waals surface area contributed by atoms with E-state index in [1.807, 2.05) is 0 Å². The van der Waals surface area contributed by atoms with Gasteiger partial charge in [0, 0.05) is 30.7 Å². The van der Waals surface area contributed by atoms with Gasteiger partial charge in [0.25, 0.3) is 0 Å². The third kappa shape index (κ3) is 1.23. The molecule has 2 fully saturated rings. The lowest BCUT2D eigenvalue weighted by molar-refractivity contribution is 0.122. The highest BCUT2D eigenvalue weighted by Gasteiger charge is 2.66. The zero-order valence-electron chi connectivity index (χ0n) is 9.59. The molecule has 1 unspecified atom stereocenters. The summed E-state index contributed by atoms with van der Waals surface area (Å²) >= 11 is 0. The molecule has 4 N–H and O–H groups in total. The van der Waals surface area contributed by atoms with E-state index in [0.29, 0.717) is 23.9 Å². The Morgan fingerprint density at radius 2 is 1.86 bits per heavy atom. The Labute approximate surface area is 86.8 Å². The van der Waals surface area contributed by atoms with Crippen LogP contribution >= 0.6 is 0 Å². The van der Waals surface area contributed by atoms with Crippen molar-refractivity contribution >= 4 is 0 Å². The summed E-state index contributed by atoms with van der Waals surface area (Å²) in [6.07, 6.45) is 1.20. The van der Waals surface area contributed by atoms with Crippen molar-refractivity contribution in [3.05, 3.63) is 0 Å².